The Kier molecular flexibility index (Phi) is 11.1. The summed E-state index contributed by atoms with van der Waals surface area (Å²) >= 11 is 0. The molecule has 0 atom stereocenters. The van der Waals surface area contributed by atoms with Crippen LogP contribution in [0.25, 0.3) is 79.3 Å². The molecule has 2 aromatic heterocycles. The van der Waals surface area contributed by atoms with Crippen molar-refractivity contribution in [1.29, 1.82) is 0 Å². The first-order valence-corrected chi connectivity index (χ1v) is 31.2. The van der Waals surface area contributed by atoms with Gasteiger partial charge in [-0.1, -0.05) is 170 Å². The van der Waals surface area contributed by atoms with Gasteiger partial charge in [0, 0.05) is 32.9 Å². The predicted octanol–water partition coefficient (Wildman–Crippen LogP) is 14.5. The number of hydrogen-bond acceptors (Lipinski definition) is 2. The van der Waals surface area contributed by atoms with Gasteiger partial charge in [-0.15, -0.1) is 0 Å². The quantitative estimate of drug-likeness (QED) is 0.0903. The molecule has 0 aliphatic rings. The molecule has 2 heterocycles. The number of aromatic nitrogens is 2. The zero-order valence-electron chi connectivity index (χ0n) is 38.0. The van der Waals surface area contributed by atoms with Crippen LogP contribution < -0.4 is 10.4 Å². The minimum absolute atomic E-state index is 1.16. The average Bonchev–Trinajstić information content (AvgIpc) is 3.83. The fraction of sp³-hybridized carbons (Fsp3) is 0.103. The van der Waals surface area contributed by atoms with Crippen molar-refractivity contribution in [3.05, 3.63) is 216 Å². The van der Waals surface area contributed by atoms with Gasteiger partial charge in [0.15, 0.2) is 0 Å². The largest absolute Gasteiger partial charge is 0.433 e. The summed E-state index contributed by atoms with van der Waals surface area (Å²) in [4.78, 5) is 0. The van der Waals surface area contributed by atoms with Crippen LogP contribution in [0.3, 0.4) is 0 Å². The van der Waals surface area contributed by atoms with Crippen LogP contribution in [0, 0.1) is 0 Å². The number of rotatable bonds is 12. The Morgan fingerprint density at radius 3 is 0.831 bits per heavy atom. The van der Waals surface area contributed by atoms with Gasteiger partial charge in [-0.3, -0.25) is 0 Å². The minimum atomic E-state index is -2.50. The van der Waals surface area contributed by atoms with E-state index < -0.39 is 25.2 Å². The van der Waals surface area contributed by atoms with E-state index in [9.17, 15) is 0 Å². The summed E-state index contributed by atoms with van der Waals surface area (Å²) in [6.45, 7) is 13.6. The Hall–Kier alpha value is -6.59. The molecule has 0 aliphatic carbocycles. The summed E-state index contributed by atoms with van der Waals surface area (Å²) in [6.07, 6.45) is 8.76. The predicted molar refractivity (Wildman–Crippen MR) is 286 cm³/mol. The molecule has 0 saturated heterocycles. The summed E-state index contributed by atoms with van der Waals surface area (Å²) < 4.78 is 18.9. The first kappa shape index (κ1) is 42.4. The molecule has 0 bridgehead atoms. The van der Waals surface area contributed by atoms with E-state index in [1.54, 1.807) is 0 Å². The van der Waals surface area contributed by atoms with Gasteiger partial charge in [0.1, 0.15) is 0 Å². The molecule has 0 radical (unpaired) electrons. The van der Waals surface area contributed by atoms with Gasteiger partial charge in [0.2, 0.25) is 16.6 Å². The van der Waals surface area contributed by atoms with Gasteiger partial charge in [-0.2, -0.15) is 0 Å². The second-order valence-corrected chi connectivity index (χ2v) is 30.1. The van der Waals surface area contributed by atoms with Crippen molar-refractivity contribution in [3.63, 3.8) is 0 Å². The molecule has 0 N–H and O–H groups in total. The first-order chi connectivity index (χ1) is 31.4. The third-order valence-corrected chi connectivity index (χ3v) is 24.1. The lowest BCUT2D eigenvalue weighted by molar-refractivity contribution is 0.401. The van der Waals surface area contributed by atoms with Crippen LogP contribution >= 0.6 is 0 Å². The Morgan fingerprint density at radius 1 is 0.308 bits per heavy atom. The highest BCUT2D eigenvalue weighted by Gasteiger charge is 2.41. The molecule has 0 spiro atoms. The third-order valence-electron chi connectivity index (χ3n) is 12.6. The molecule has 0 saturated carbocycles. The van der Waals surface area contributed by atoms with Gasteiger partial charge < -0.3 is 17.4 Å². The van der Waals surface area contributed by atoms with E-state index in [1.807, 2.05) is 0 Å². The topological polar surface area (TPSA) is 28.3 Å². The van der Waals surface area contributed by atoms with Crippen molar-refractivity contribution < 1.29 is 8.23 Å². The molecule has 10 aromatic rings. The average molecular weight is 895 g/mol. The van der Waals surface area contributed by atoms with Crippen LogP contribution in [0.1, 0.15) is 22.3 Å². The summed E-state index contributed by atoms with van der Waals surface area (Å²) in [6, 6.07) is 70.1. The molecule has 0 unspecified atom stereocenters. The maximum Gasteiger partial charge on any atom is 0.311 e. The van der Waals surface area contributed by atoms with Crippen molar-refractivity contribution in [2.45, 2.75) is 39.3 Å². The lowest BCUT2D eigenvalue weighted by atomic mass is 10.1. The molecule has 0 amide bonds. The molecule has 4 nitrogen and oxygen atoms in total. The molecular formula is C58H54N2O2Si3. The monoisotopic (exact) mass is 894 g/mol. The number of fused-ring (bicyclic) bond motifs is 6. The smallest absolute Gasteiger partial charge is 0.311 e. The zero-order chi connectivity index (χ0) is 44.8. The van der Waals surface area contributed by atoms with E-state index in [4.69, 9.17) is 8.23 Å². The van der Waals surface area contributed by atoms with Crippen LogP contribution in [-0.4, -0.2) is 34.3 Å². The molecule has 7 heteroatoms. The standard InChI is InChI=1S/C58H54N2O2Si3/c1-63(2,49-39-31-45(32-40-49)25-23-43-27-35-47(36-28-43)59-55-19-11-7-15-51(55)52-16-8-12-20-56(52)59)61-65(5,6)62-64(3,4)50-41-33-46(34-42-50)26-24-44-29-37-48(38-30-44)60-57-21-13-9-17-53(57)54-18-10-14-22-58(54)60/h7-42H,1-6H3/b25-23+,26-24+. The number of hydrogen-bond donors (Lipinski definition) is 0. The van der Waals surface area contributed by atoms with Gasteiger partial charge in [-0.05, 0) is 120 Å². The summed E-state index contributed by atoms with van der Waals surface area (Å²) in [7, 11) is -7.05. The van der Waals surface area contributed by atoms with Gasteiger partial charge in [0.25, 0.3) is 0 Å². The molecule has 0 fully saturated rings. The van der Waals surface area contributed by atoms with E-state index in [-0.39, 0.29) is 0 Å². The van der Waals surface area contributed by atoms with Gasteiger partial charge in [0.05, 0.1) is 22.1 Å². The van der Waals surface area contributed by atoms with E-state index in [1.165, 1.54) is 54.0 Å². The van der Waals surface area contributed by atoms with E-state index in [0.717, 1.165) is 33.6 Å². The van der Waals surface area contributed by atoms with Gasteiger partial charge in [-0.25, -0.2) is 0 Å². The minimum Gasteiger partial charge on any atom is -0.433 e. The molecule has 10 rings (SSSR count). The second-order valence-electron chi connectivity index (χ2n) is 18.5. The molecule has 8 aromatic carbocycles. The summed E-state index contributed by atoms with van der Waals surface area (Å²) in [5, 5.41) is 7.64. The SMILES string of the molecule is C[Si](C)(O[Si](C)(C)c1ccc(/C=C/c2ccc(-n3c4ccccc4c4ccccc43)cc2)cc1)O[Si](C)(C)c1ccc(/C=C/c2ccc(-n3c4ccccc4c4ccccc43)cc2)cc1. The maximum absolute atomic E-state index is 7.08. The van der Waals surface area contributed by atoms with Crippen molar-refractivity contribution in [3.8, 4) is 11.4 Å². The Bertz CT molecular complexity index is 3040. The Balaban J connectivity index is 0.762. The molecular weight excluding hydrogens is 841 g/mol. The summed E-state index contributed by atoms with van der Waals surface area (Å²) in [5.41, 5.74) is 11.9. The fourth-order valence-electron chi connectivity index (χ4n) is 9.61. The number of para-hydroxylation sites is 4. The fourth-order valence-corrected chi connectivity index (χ4v) is 22.9. The Morgan fingerprint density at radius 2 is 0.554 bits per heavy atom. The number of nitrogens with zero attached hydrogens (tertiary/aromatic N) is 2. The van der Waals surface area contributed by atoms with Crippen molar-refractivity contribution in [2.75, 3.05) is 0 Å². The first-order valence-electron chi connectivity index (χ1n) is 22.6. The zero-order valence-corrected chi connectivity index (χ0v) is 41.0. The van der Waals surface area contributed by atoms with E-state index in [2.05, 4.69) is 267 Å². The molecule has 0 aliphatic heterocycles. The highest BCUT2D eigenvalue weighted by atomic mass is 28.5. The molecule has 65 heavy (non-hydrogen) atoms. The molecule has 320 valence electrons. The van der Waals surface area contributed by atoms with Gasteiger partial charge >= 0.3 is 8.56 Å². The lowest BCUT2D eigenvalue weighted by Crippen LogP contribution is -2.59. The van der Waals surface area contributed by atoms with Crippen molar-refractivity contribution >= 4 is 103 Å². The van der Waals surface area contributed by atoms with Crippen molar-refractivity contribution in [1.82, 2.24) is 9.13 Å². The second kappa shape index (κ2) is 17.1. The lowest BCUT2D eigenvalue weighted by Gasteiger charge is -2.39. The van der Waals surface area contributed by atoms with Crippen LogP contribution in [0.15, 0.2) is 194 Å². The van der Waals surface area contributed by atoms with Crippen LogP contribution in [-0.2, 0) is 8.23 Å². The Labute approximate surface area is 385 Å². The third kappa shape index (κ3) is 8.57. The highest BCUT2D eigenvalue weighted by Crippen LogP contribution is 2.33. The van der Waals surface area contributed by atoms with Crippen molar-refractivity contribution in [2.24, 2.45) is 0 Å². The van der Waals surface area contributed by atoms with Crippen LogP contribution in [0.4, 0.5) is 0 Å². The highest BCUT2D eigenvalue weighted by molar-refractivity contribution is 6.95. The maximum atomic E-state index is 7.08. The van der Waals surface area contributed by atoms with E-state index in [0.29, 0.717) is 0 Å². The van der Waals surface area contributed by atoms with Crippen LogP contribution in [0.2, 0.25) is 39.3 Å². The normalized spacial score (nSPS) is 12.8. The summed E-state index contributed by atoms with van der Waals surface area (Å²) in [5.74, 6) is 0. The van der Waals surface area contributed by atoms with E-state index >= 15 is 0 Å². The van der Waals surface area contributed by atoms with Crippen LogP contribution in [0.5, 0.6) is 0 Å². The number of benzene rings is 8.